The van der Waals surface area contributed by atoms with Crippen molar-refractivity contribution in [3.63, 3.8) is 0 Å². The molecule has 3 heteroatoms. The Morgan fingerprint density at radius 3 is 2.73 bits per heavy atom. The molecule has 1 heterocycles. The molecule has 0 aromatic rings. The molecule has 1 aliphatic rings. The molecule has 1 N–H and O–H groups in total. The summed E-state index contributed by atoms with van der Waals surface area (Å²) in [6, 6.07) is 0. The molecular weight excluding hydrogens is 210 g/mol. The van der Waals surface area contributed by atoms with E-state index in [1.165, 1.54) is 38.5 Å². The first-order valence-electron chi connectivity index (χ1n) is 6.32. The smallest absolute Gasteiger partial charge is 0.0576 e. The van der Waals surface area contributed by atoms with Crippen molar-refractivity contribution < 1.29 is 4.74 Å². The summed E-state index contributed by atoms with van der Waals surface area (Å²) in [4.78, 5) is 0. The lowest BCUT2D eigenvalue weighted by Gasteiger charge is -2.09. The Morgan fingerprint density at radius 1 is 1.13 bits per heavy atom. The van der Waals surface area contributed by atoms with E-state index in [-0.39, 0.29) is 0 Å². The second-order valence-electron chi connectivity index (χ2n) is 4.28. The minimum atomic E-state index is 0.558. The number of hydrogen-bond acceptors (Lipinski definition) is 2. The standard InChI is InChI=1S/C12H24ClNO/c13-8-2-1-3-9-14-10-4-6-12-7-5-11-15-12/h12,14H,1-11H2. The predicted octanol–water partition coefficient (Wildman–Crippen LogP) is 2.94. The monoisotopic (exact) mass is 233 g/mol. The van der Waals surface area contributed by atoms with Crippen LogP contribution in [0.1, 0.15) is 44.9 Å². The van der Waals surface area contributed by atoms with Gasteiger partial charge in [-0.05, 0) is 51.6 Å². The van der Waals surface area contributed by atoms with Crippen LogP contribution in [0.15, 0.2) is 0 Å². The largest absolute Gasteiger partial charge is 0.378 e. The summed E-state index contributed by atoms with van der Waals surface area (Å²) in [7, 11) is 0. The third-order valence-electron chi connectivity index (χ3n) is 2.89. The molecule has 0 aromatic carbocycles. The first kappa shape index (κ1) is 13.3. The number of alkyl halides is 1. The Labute approximate surface area is 98.7 Å². The maximum Gasteiger partial charge on any atom is 0.0576 e. The highest BCUT2D eigenvalue weighted by atomic mass is 35.5. The molecule has 2 nitrogen and oxygen atoms in total. The van der Waals surface area contributed by atoms with Crippen molar-refractivity contribution in [1.29, 1.82) is 0 Å². The number of halogens is 1. The van der Waals surface area contributed by atoms with Gasteiger partial charge in [0.05, 0.1) is 6.10 Å². The molecule has 1 fully saturated rings. The van der Waals surface area contributed by atoms with Crippen LogP contribution in [0, 0.1) is 0 Å². The van der Waals surface area contributed by atoms with Gasteiger partial charge < -0.3 is 10.1 Å². The zero-order valence-electron chi connectivity index (χ0n) is 9.64. The molecule has 0 aromatic heterocycles. The lowest BCUT2D eigenvalue weighted by molar-refractivity contribution is 0.102. The van der Waals surface area contributed by atoms with Gasteiger partial charge in [0, 0.05) is 12.5 Å². The van der Waals surface area contributed by atoms with E-state index in [1.54, 1.807) is 0 Å². The van der Waals surface area contributed by atoms with E-state index < -0.39 is 0 Å². The van der Waals surface area contributed by atoms with E-state index in [0.29, 0.717) is 6.10 Å². The van der Waals surface area contributed by atoms with Gasteiger partial charge in [-0.15, -0.1) is 11.6 Å². The summed E-state index contributed by atoms with van der Waals surface area (Å²) in [6.07, 6.45) is 9.23. The van der Waals surface area contributed by atoms with Crippen LogP contribution >= 0.6 is 11.6 Å². The number of hydrogen-bond donors (Lipinski definition) is 1. The molecular formula is C12H24ClNO. The van der Waals surface area contributed by atoms with E-state index in [2.05, 4.69) is 5.32 Å². The third-order valence-corrected chi connectivity index (χ3v) is 3.16. The molecule has 90 valence electrons. The van der Waals surface area contributed by atoms with Crippen LogP contribution < -0.4 is 5.32 Å². The quantitative estimate of drug-likeness (QED) is 0.489. The minimum absolute atomic E-state index is 0.558. The molecule has 0 aliphatic carbocycles. The van der Waals surface area contributed by atoms with E-state index in [9.17, 15) is 0 Å². The van der Waals surface area contributed by atoms with Crippen LogP contribution in [0.2, 0.25) is 0 Å². The summed E-state index contributed by atoms with van der Waals surface area (Å²) in [5, 5.41) is 3.47. The average Bonchev–Trinajstić information content (AvgIpc) is 2.75. The van der Waals surface area contributed by atoms with E-state index >= 15 is 0 Å². The Balaban J connectivity index is 1.73. The van der Waals surface area contributed by atoms with Crippen molar-refractivity contribution in [2.24, 2.45) is 0 Å². The fourth-order valence-electron chi connectivity index (χ4n) is 1.97. The molecule has 0 bridgehead atoms. The molecule has 15 heavy (non-hydrogen) atoms. The summed E-state index contributed by atoms with van der Waals surface area (Å²) in [5.41, 5.74) is 0. The Morgan fingerprint density at radius 2 is 2.00 bits per heavy atom. The molecule has 1 aliphatic heterocycles. The third kappa shape index (κ3) is 7.15. The summed E-state index contributed by atoms with van der Waals surface area (Å²) < 4.78 is 5.57. The van der Waals surface area contributed by atoms with Gasteiger partial charge in [-0.3, -0.25) is 0 Å². The van der Waals surface area contributed by atoms with Crippen molar-refractivity contribution in [2.75, 3.05) is 25.6 Å². The zero-order valence-corrected chi connectivity index (χ0v) is 10.4. The summed E-state index contributed by atoms with van der Waals surface area (Å²) in [5.74, 6) is 0.805. The van der Waals surface area contributed by atoms with Crippen LogP contribution in [0.5, 0.6) is 0 Å². The highest BCUT2D eigenvalue weighted by molar-refractivity contribution is 6.17. The molecule has 1 rings (SSSR count). The fourth-order valence-corrected chi connectivity index (χ4v) is 2.16. The van der Waals surface area contributed by atoms with E-state index in [4.69, 9.17) is 16.3 Å². The van der Waals surface area contributed by atoms with Crippen molar-refractivity contribution in [3.05, 3.63) is 0 Å². The molecule has 0 radical (unpaired) electrons. The van der Waals surface area contributed by atoms with Crippen LogP contribution in [-0.2, 0) is 4.74 Å². The van der Waals surface area contributed by atoms with Crippen LogP contribution in [0.25, 0.3) is 0 Å². The van der Waals surface area contributed by atoms with Gasteiger partial charge in [0.1, 0.15) is 0 Å². The number of unbranched alkanes of at least 4 members (excludes halogenated alkanes) is 2. The summed E-state index contributed by atoms with van der Waals surface area (Å²) >= 11 is 5.60. The van der Waals surface area contributed by atoms with Crippen LogP contribution in [0.4, 0.5) is 0 Å². The second kappa shape index (κ2) is 9.44. The molecule has 0 saturated carbocycles. The van der Waals surface area contributed by atoms with Gasteiger partial charge in [-0.2, -0.15) is 0 Å². The molecule has 1 unspecified atom stereocenters. The van der Waals surface area contributed by atoms with Gasteiger partial charge in [0.15, 0.2) is 0 Å². The lowest BCUT2D eigenvalue weighted by atomic mass is 10.1. The first-order valence-corrected chi connectivity index (χ1v) is 6.85. The van der Waals surface area contributed by atoms with Gasteiger partial charge >= 0.3 is 0 Å². The predicted molar refractivity (Wildman–Crippen MR) is 65.6 cm³/mol. The van der Waals surface area contributed by atoms with Gasteiger partial charge in [0.2, 0.25) is 0 Å². The van der Waals surface area contributed by atoms with Crippen molar-refractivity contribution in [3.8, 4) is 0 Å². The number of ether oxygens (including phenoxy) is 1. The average molecular weight is 234 g/mol. The molecule has 0 spiro atoms. The van der Waals surface area contributed by atoms with Gasteiger partial charge in [-0.1, -0.05) is 6.42 Å². The van der Waals surface area contributed by atoms with Crippen molar-refractivity contribution >= 4 is 11.6 Å². The second-order valence-corrected chi connectivity index (χ2v) is 4.65. The molecule has 1 saturated heterocycles. The van der Waals surface area contributed by atoms with Crippen LogP contribution in [0.3, 0.4) is 0 Å². The highest BCUT2D eigenvalue weighted by Crippen LogP contribution is 2.16. The molecule has 1 atom stereocenters. The van der Waals surface area contributed by atoms with Gasteiger partial charge in [0.25, 0.3) is 0 Å². The van der Waals surface area contributed by atoms with E-state index in [1.807, 2.05) is 0 Å². The first-order chi connectivity index (χ1) is 7.43. The van der Waals surface area contributed by atoms with Crippen molar-refractivity contribution in [1.82, 2.24) is 5.32 Å². The maximum atomic E-state index is 5.60. The number of nitrogens with one attached hydrogen (secondary N) is 1. The summed E-state index contributed by atoms with van der Waals surface area (Å²) in [6.45, 7) is 3.26. The number of rotatable bonds is 9. The van der Waals surface area contributed by atoms with Crippen molar-refractivity contribution in [2.45, 2.75) is 51.0 Å². The van der Waals surface area contributed by atoms with Crippen LogP contribution in [-0.4, -0.2) is 31.7 Å². The fraction of sp³-hybridized carbons (Fsp3) is 1.00. The zero-order chi connectivity index (χ0) is 10.8. The van der Waals surface area contributed by atoms with Gasteiger partial charge in [-0.25, -0.2) is 0 Å². The minimum Gasteiger partial charge on any atom is -0.378 e. The maximum absolute atomic E-state index is 5.60. The Bertz CT molecular complexity index is 138. The SMILES string of the molecule is ClCCCCCNCCCC1CCCO1. The topological polar surface area (TPSA) is 21.3 Å². The normalized spacial score (nSPS) is 21.0. The molecule has 0 amide bonds. The Kier molecular flexibility index (Phi) is 8.35. The Hall–Kier alpha value is 0.210. The van der Waals surface area contributed by atoms with E-state index in [0.717, 1.165) is 32.0 Å². The highest BCUT2D eigenvalue weighted by Gasteiger charge is 2.13. The lowest BCUT2D eigenvalue weighted by Crippen LogP contribution is -2.18.